The minimum absolute atomic E-state index is 0.0314. The van der Waals surface area contributed by atoms with E-state index in [0.717, 1.165) is 4.31 Å². The number of hydrogen-bond donors (Lipinski definition) is 1. The molecule has 9 heteroatoms. The van der Waals surface area contributed by atoms with Crippen molar-refractivity contribution in [3.8, 4) is 0 Å². The number of nitrogens with zero attached hydrogens (tertiary/aromatic N) is 1. The van der Waals surface area contributed by atoms with E-state index in [2.05, 4.69) is 5.32 Å². The summed E-state index contributed by atoms with van der Waals surface area (Å²) in [7, 11) is -2.32. The van der Waals surface area contributed by atoms with Crippen LogP contribution in [0, 0.1) is 0 Å². The van der Waals surface area contributed by atoms with E-state index < -0.39 is 27.8 Å². The van der Waals surface area contributed by atoms with Crippen molar-refractivity contribution in [2.45, 2.75) is 44.2 Å². The summed E-state index contributed by atoms with van der Waals surface area (Å²) in [4.78, 5) is 11.8. The van der Waals surface area contributed by atoms with Crippen molar-refractivity contribution in [2.75, 3.05) is 13.6 Å². The number of carbonyl (C=O) groups excluding carboxylic acids is 1. The number of alkyl carbamates (subject to hydrolysis) is 1. The predicted octanol–water partition coefficient (Wildman–Crippen LogP) is 3.53. The number of nitrogens with one attached hydrogen (secondary N) is 1. The van der Waals surface area contributed by atoms with Gasteiger partial charge in [0.15, 0.2) is 0 Å². The Morgan fingerprint density at radius 1 is 1.29 bits per heavy atom. The smallest absolute Gasteiger partial charge is 0.407 e. The molecule has 1 amide bonds. The zero-order chi connectivity index (χ0) is 18.7. The molecule has 1 rings (SSSR count). The highest BCUT2D eigenvalue weighted by Gasteiger charge is 2.25. The van der Waals surface area contributed by atoms with Crippen molar-refractivity contribution >= 4 is 39.3 Å². The first-order valence-corrected chi connectivity index (χ1v) is 9.43. The molecule has 0 aliphatic rings. The van der Waals surface area contributed by atoms with E-state index in [9.17, 15) is 13.2 Å². The van der Waals surface area contributed by atoms with Gasteiger partial charge < -0.3 is 10.1 Å². The molecule has 0 spiro atoms. The molecule has 1 aromatic rings. The van der Waals surface area contributed by atoms with Crippen LogP contribution in [0.2, 0.25) is 10.0 Å². The minimum atomic E-state index is -3.75. The van der Waals surface area contributed by atoms with Crippen molar-refractivity contribution in [1.29, 1.82) is 0 Å². The van der Waals surface area contributed by atoms with Crippen molar-refractivity contribution in [3.63, 3.8) is 0 Å². The number of ether oxygens (including phenoxy) is 1. The maximum Gasteiger partial charge on any atom is 0.407 e. The lowest BCUT2D eigenvalue weighted by Crippen LogP contribution is -2.44. The van der Waals surface area contributed by atoms with E-state index in [4.69, 9.17) is 27.9 Å². The van der Waals surface area contributed by atoms with Gasteiger partial charge in [-0.25, -0.2) is 13.2 Å². The molecule has 0 unspecified atom stereocenters. The summed E-state index contributed by atoms with van der Waals surface area (Å²) >= 11 is 11.7. The van der Waals surface area contributed by atoms with Crippen LogP contribution in [0.1, 0.15) is 27.7 Å². The van der Waals surface area contributed by atoms with Gasteiger partial charge in [0, 0.05) is 19.6 Å². The normalized spacial score (nSPS) is 13.7. The fourth-order valence-corrected chi connectivity index (χ4v) is 3.50. The molecular formula is C15H22Cl2N2O4S. The molecule has 1 atom stereocenters. The van der Waals surface area contributed by atoms with Gasteiger partial charge in [-0.3, -0.25) is 0 Å². The average Bonchev–Trinajstić information content (AvgIpc) is 2.38. The van der Waals surface area contributed by atoms with Gasteiger partial charge in [-0.15, -0.1) is 0 Å². The van der Waals surface area contributed by atoms with Crippen LogP contribution in [0.3, 0.4) is 0 Å². The summed E-state index contributed by atoms with van der Waals surface area (Å²) in [5, 5.41) is 3.03. The topological polar surface area (TPSA) is 75.7 Å². The second-order valence-electron chi connectivity index (χ2n) is 6.41. The first-order chi connectivity index (χ1) is 10.8. The van der Waals surface area contributed by atoms with Gasteiger partial charge in [0.25, 0.3) is 0 Å². The van der Waals surface area contributed by atoms with Gasteiger partial charge >= 0.3 is 6.09 Å². The molecule has 0 saturated carbocycles. The Hall–Kier alpha value is -1.02. The Kier molecular flexibility index (Phi) is 6.93. The Morgan fingerprint density at radius 3 is 2.38 bits per heavy atom. The molecule has 0 saturated heterocycles. The van der Waals surface area contributed by atoms with E-state index in [0.29, 0.717) is 0 Å². The Balaban J connectivity index is 2.76. The Morgan fingerprint density at radius 2 is 1.88 bits per heavy atom. The SMILES string of the molecule is C[C@@H](CN(C)S(=O)(=O)c1ccc(Cl)c(Cl)c1)NC(=O)OC(C)(C)C. The zero-order valence-electron chi connectivity index (χ0n) is 14.3. The van der Waals surface area contributed by atoms with E-state index in [1.165, 1.54) is 25.2 Å². The van der Waals surface area contributed by atoms with Crippen LogP contribution in [0.15, 0.2) is 23.1 Å². The second-order valence-corrected chi connectivity index (χ2v) is 9.27. The summed E-state index contributed by atoms with van der Waals surface area (Å²) in [5.41, 5.74) is -0.623. The molecule has 0 fully saturated rings. The third-order valence-corrected chi connectivity index (χ3v) is 5.45. The third kappa shape index (κ3) is 6.12. The highest BCUT2D eigenvalue weighted by atomic mass is 35.5. The van der Waals surface area contributed by atoms with Crippen LogP contribution in [0.25, 0.3) is 0 Å². The van der Waals surface area contributed by atoms with Crippen LogP contribution in [-0.2, 0) is 14.8 Å². The molecule has 1 aromatic carbocycles. The number of rotatable bonds is 5. The summed E-state index contributed by atoms with van der Waals surface area (Å²) in [6.07, 6.45) is -0.602. The van der Waals surface area contributed by atoms with Crippen molar-refractivity contribution in [3.05, 3.63) is 28.2 Å². The highest BCUT2D eigenvalue weighted by molar-refractivity contribution is 7.89. The fraction of sp³-hybridized carbons (Fsp3) is 0.533. The lowest BCUT2D eigenvalue weighted by Gasteiger charge is -2.24. The molecule has 24 heavy (non-hydrogen) atoms. The first kappa shape index (κ1) is 21.0. The number of carbonyl (C=O) groups is 1. The largest absolute Gasteiger partial charge is 0.444 e. The van der Waals surface area contributed by atoms with Gasteiger partial charge in [-0.1, -0.05) is 23.2 Å². The van der Waals surface area contributed by atoms with Crippen molar-refractivity contribution in [1.82, 2.24) is 9.62 Å². The monoisotopic (exact) mass is 396 g/mol. The maximum atomic E-state index is 12.5. The number of amides is 1. The number of halogens is 2. The number of likely N-dealkylation sites (N-methyl/N-ethyl adjacent to an activating group) is 1. The summed E-state index contributed by atoms with van der Waals surface area (Å²) < 4.78 is 31.3. The fourth-order valence-electron chi connectivity index (χ4n) is 1.86. The van der Waals surface area contributed by atoms with Crippen LogP contribution < -0.4 is 5.32 Å². The van der Waals surface area contributed by atoms with E-state index in [1.807, 2.05) is 0 Å². The molecule has 136 valence electrons. The zero-order valence-corrected chi connectivity index (χ0v) is 16.6. The molecule has 0 heterocycles. The van der Waals surface area contributed by atoms with Crippen molar-refractivity contribution in [2.24, 2.45) is 0 Å². The lowest BCUT2D eigenvalue weighted by atomic mass is 10.2. The van der Waals surface area contributed by atoms with Crippen LogP contribution in [0.5, 0.6) is 0 Å². The maximum absolute atomic E-state index is 12.5. The summed E-state index contributed by atoms with van der Waals surface area (Å²) in [6.45, 7) is 7.00. The van der Waals surface area contributed by atoms with Gasteiger partial charge in [-0.2, -0.15) is 4.31 Å². The van der Waals surface area contributed by atoms with Crippen molar-refractivity contribution < 1.29 is 17.9 Å². The highest BCUT2D eigenvalue weighted by Crippen LogP contribution is 2.26. The van der Waals surface area contributed by atoms with Crippen LogP contribution in [0.4, 0.5) is 4.79 Å². The first-order valence-electron chi connectivity index (χ1n) is 7.24. The Labute approximate surface area is 153 Å². The van der Waals surface area contributed by atoms with Crippen LogP contribution in [-0.4, -0.2) is 44.1 Å². The molecule has 0 aromatic heterocycles. The standard InChI is InChI=1S/C15H22Cl2N2O4S/c1-10(18-14(20)23-15(2,3)4)9-19(5)24(21,22)11-6-7-12(16)13(17)8-11/h6-8,10H,9H2,1-5H3,(H,18,20)/t10-/m0/s1. The predicted molar refractivity (Wildman–Crippen MR) is 95.1 cm³/mol. The molecule has 0 bridgehead atoms. The molecule has 6 nitrogen and oxygen atoms in total. The Bertz CT molecular complexity index is 702. The van der Waals surface area contributed by atoms with E-state index in [1.54, 1.807) is 27.7 Å². The average molecular weight is 397 g/mol. The van der Waals surface area contributed by atoms with Gasteiger partial charge in [0.05, 0.1) is 14.9 Å². The number of sulfonamides is 1. The quantitative estimate of drug-likeness (QED) is 0.825. The number of hydrogen-bond acceptors (Lipinski definition) is 4. The van der Waals surface area contributed by atoms with E-state index in [-0.39, 0.29) is 21.5 Å². The van der Waals surface area contributed by atoms with E-state index >= 15 is 0 Å². The summed E-state index contributed by atoms with van der Waals surface area (Å²) in [6, 6.07) is 3.66. The van der Waals surface area contributed by atoms with Gasteiger partial charge in [0.1, 0.15) is 5.60 Å². The third-order valence-electron chi connectivity index (χ3n) is 2.89. The summed E-state index contributed by atoms with van der Waals surface area (Å²) in [5.74, 6) is 0. The molecule has 1 N–H and O–H groups in total. The van der Waals surface area contributed by atoms with Crippen LogP contribution >= 0.6 is 23.2 Å². The van der Waals surface area contributed by atoms with Gasteiger partial charge in [-0.05, 0) is 45.9 Å². The second kappa shape index (κ2) is 7.91. The molecule has 0 aliphatic carbocycles. The number of benzene rings is 1. The molecule has 0 radical (unpaired) electrons. The lowest BCUT2D eigenvalue weighted by molar-refractivity contribution is 0.0504. The minimum Gasteiger partial charge on any atom is -0.444 e. The van der Waals surface area contributed by atoms with Gasteiger partial charge in [0.2, 0.25) is 10.0 Å². The molecule has 0 aliphatic heterocycles. The molecular weight excluding hydrogens is 375 g/mol.